The SMILES string of the molecule is CCN1CCC(Br)C1Br. The highest BCUT2D eigenvalue weighted by Gasteiger charge is 2.28. The molecular weight excluding hydrogens is 246 g/mol. The second kappa shape index (κ2) is 3.35. The van der Waals surface area contributed by atoms with Gasteiger partial charge in [0.15, 0.2) is 0 Å². The quantitative estimate of drug-likeness (QED) is 0.514. The largest absolute Gasteiger partial charge is 0.290 e. The summed E-state index contributed by atoms with van der Waals surface area (Å²) in [5, 5.41) is 0. The zero-order valence-electron chi connectivity index (χ0n) is 5.48. The van der Waals surface area contributed by atoms with Crippen molar-refractivity contribution in [3.63, 3.8) is 0 Å². The standard InChI is InChI=1S/C6H11Br2N/c1-2-9-4-3-5(7)6(9)8/h5-6H,2-4H2,1H3. The van der Waals surface area contributed by atoms with Gasteiger partial charge >= 0.3 is 0 Å². The minimum absolute atomic E-state index is 0.558. The van der Waals surface area contributed by atoms with Crippen LogP contribution >= 0.6 is 31.9 Å². The summed E-state index contributed by atoms with van der Waals surface area (Å²) in [7, 11) is 0. The molecule has 54 valence electrons. The number of hydrogen-bond donors (Lipinski definition) is 0. The van der Waals surface area contributed by atoms with E-state index >= 15 is 0 Å². The van der Waals surface area contributed by atoms with E-state index in [9.17, 15) is 0 Å². The molecule has 1 aliphatic rings. The van der Waals surface area contributed by atoms with Crippen LogP contribution in [0.3, 0.4) is 0 Å². The van der Waals surface area contributed by atoms with Gasteiger partial charge in [-0.15, -0.1) is 0 Å². The van der Waals surface area contributed by atoms with Gasteiger partial charge < -0.3 is 0 Å². The molecule has 1 rings (SSSR count). The van der Waals surface area contributed by atoms with Crippen molar-refractivity contribution in [2.75, 3.05) is 13.1 Å². The predicted molar refractivity (Wildman–Crippen MR) is 47.3 cm³/mol. The summed E-state index contributed by atoms with van der Waals surface area (Å²) < 4.78 is 0. The minimum Gasteiger partial charge on any atom is -0.290 e. The lowest BCUT2D eigenvalue weighted by Crippen LogP contribution is -2.27. The third kappa shape index (κ3) is 1.69. The molecule has 0 saturated carbocycles. The van der Waals surface area contributed by atoms with Crippen LogP contribution in [0.5, 0.6) is 0 Å². The molecule has 0 aliphatic carbocycles. The van der Waals surface area contributed by atoms with E-state index in [1.54, 1.807) is 0 Å². The second-order valence-electron chi connectivity index (χ2n) is 2.31. The van der Waals surface area contributed by atoms with Gasteiger partial charge in [0.05, 0.1) is 4.95 Å². The number of likely N-dealkylation sites (tertiary alicyclic amines) is 1. The van der Waals surface area contributed by atoms with Crippen molar-refractivity contribution in [3.05, 3.63) is 0 Å². The Labute approximate surface area is 73.1 Å². The number of halogens is 2. The lowest BCUT2D eigenvalue weighted by atomic mass is 10.4. The Balaban J connectivity index is 2.41. The van der Waals surface area contributed by atoms with Gasteiger partial charge in [0.25, 0.3) is 0 Å². The highest BCUT2D eigenvalue weighted by Crippen LogP contribution is 2.27. The molecule has 2 atom stereocenters. The summed E-state index contributed by atoms with van der Waals surface area (Å²) in [6, 6.07) is 0. The van der Waals surface area contributed by atoms with Gasteiger partial charge in [0.2, 0.25) is 0 Å². The molecule has 0 radical (unpaired) electrons. The van der Waals surface area contributed by atoms with Gasteiger partial charge in [0.1, 0.15) is 0 Å². The molecule has 0 amide bonds. The van der Waals surface area contributed by atoms with E-state index in [0.29, 0.717) is 9.78 Å². The topological polar surface area (TPSA) is 3.24 Å². The molecule has 0 spiro atoms. The molecule has 1 saturated heterocycles. The van der Waals surface area contributed by atoms with Crippen LogP contribution in [0.15, 0.2) is 0 Å². The Morgan fingerprint density at radius 2 is 2.22 bits per heavy atom. The van der Waals surface area contributed by atoms with E-state index in [1.165, 1.54) is 13.0 Å². The summed E-state index contributed by atoms with van der Waals surface area (Å²) in [4.78, 5) is 3.62. The van der Waals surface area contributed by atoms with E-state index in [4.69, 9.17) is 0 Å². The van der Waals surface area contributed by atoms with Gasteiger partial charge in [-0.3, -0.25) is 4.90 Å². The Kier molecular flexibility index (Phi) is 2.99. The third-order valence-corrected chi connectivity index (χ3v) is 4.63. The Morgan fingerprint density at radius 3 is 2.44 bits per heavy atom. The summed E-state index contributed by atoms with van der Waals surface area (Å²) in [6.45, 7) is 4.57. The van der Waals surface area contributed by atoms with Crippen LogP contribution < -0.4 is 0 Å². The van der Waals surface area contributed by atoms with Crippen molar-refractivity contribution in [1.82, 2.24) is 4.90 Å². The molecule has 1 heterocycles. The maximum Gasteiger partial charge on any atom is 0.0782 e. The average Bonchev–Trinajstić information content (AvgIpc) is 2.15. The third-order valence-electron chi connectivity index (χ3n) is 1.75. The van der Waals surface area contributed by atoms with E-state index < -0.39 is 0 Å². The molecule has 1 aliphatic heterocycles. The molecule has 1 fully saturated rings. The number of rotatable bonds is 1. The van der Waals surface area contributed by atoms with Crippen molar-refractivity contribution >= 4 is 31.9 Å². The Bertz CT molecular complexity index is 97.1. The summed E-state index contributed by atoms with van der Waals surface area (Å²) >= 11 is 7.21. The lowest BCUT2D eigenvalue weighted by molar-refractivity contribution is 0.342. The molecule has 1 nitrogen and oxygen atoms in total. The van der Waals surface area contributed by atoms with Crippen LogP contribution in [-0.4, -0.2) is 27.8 Å². The van der Waals surface area contributed by atoms with Crippen molar-refractivity contribution in [3.8, 4) is 0 Å². The lowest BCUT2D eigenvalue weighted by Gasteiger charge is -2.17. The molecular formula is C6H11Br2N. The number of hydrogen-bond acceptors (Lipinski definition) is 1. The summed E-state index contributed by atoms with van der Waals surface area (Å²) in [5.74, 6) is 0. The van der Waals surface area contributed by atoms with Crippen LogP contribution in [0.4, 0.5) is 0 Å². The smallest absolute Gasteiger partial charge is 0.0782 e. The zero-order chi connectivity index (χ0) is 6.85. The van der Waals surface area contributed by atoms with Crippen LogP contribution in [0.25, 0.3) is 0 Å². The summed E-state index contributed by atoms with van der Waals surface area (Å²) in [6.07, 6.45) is 1.27. The molecule has 2 unspecified atom stereocenters. The van der Waals surface area contributed by atoms with E-state index in [1.807, 2.05) is 0 Å². The average molecular weight is 257 g/mol. The van der Waals surface area contributed by atoms with Crippen molar-refractivity contribution in [1.29, 1.82) is 0 Å². The van der Waals surface area contributed by atoms with Gasteiger partial charge in [0, 0.05) is 11.4 Å². The molecule has 0 N–H and O–H groups in total. The Morgan fingerprint density at radius 1 is 1.56 bits per heavy atom. The van der Waals surface area contributed by atoms with Gasteiger partial charge in [-0.05, 0) is 13.0 Å². The monoisotopic (exact) mass is 255 g/mol. The fourth-order valence-electron chi connectivity index (χ4n) is 1.11. The maximum absolute atomic E-state index is 3.61. The first kappa shape index (κ1) is 8.02. The fourth-order valence-corrected chi connectivity index (χ4v) is 2.41. The van der Waals surface area contributed by atoms with Gasteiger partial charge in [-0.25, -0.2) is 0 Å². The van der Waals surface area contributed by atoms with E-state index in [-0.39, 0.29) is 0 Å². The zero-order valence-corrected chi connectivity index (χ0v) is 8.65. The van der Waals surface area contributed by atoms with Crippen LogP contribution in [0, 0.1) is 0 Å². The van der Waals surface area contributed by atoms with Crippen molar-refractivity contribution in [2.24, 2.45) is 0 Å². The van der Waals surface area contributed by atoms with Gasteiger partial charge in [-0.2, -0.15) is 0 Å². The van der Waals surface area contributed by atoms with E-state index in [0.717, 1.165) is 6.54 Å². The number of nitrogens with zero attached hydrogens (tertiary/aromatic N) is 1. The Hall–Kier alpha value is 0.920. The maximum atomic E-state index is 3.61. The molecule has 0 aromatic heterocycles. The first-order valence-corrected chi connectivity index (χ1v) is 5.11. The molecule has 0 aromatic carbocycles. The van der Waals surface area contributed by atoms with Crippen molar-refractivity contribution < 1.29 is 0 Å². The van der Waals surface area contributed by atoms with Crippen LogP contribution in [0.1, 0.15) is 13.3 Å². The van der Waals surface area contributed by atoms with Crippen LogP contribution in [0.2, 0.25) is 0 Å². The van der Waals surface area contributed by atoms with E-state index in [2.05, 4.69) is 43.7 Å². The highest BCUT2D eigenvalue weighted by atomic mass is 79.9. The molecule has 0 bridgehead atoms. The normalized spacial score (nSPS) is 37.7. The molecule has 0 aromatic rings. The highest BCUT2D eigenvalue weighted by molar-refractivity contribution is 9.12. The van der Waals surface area contributed by atoms with Crippen LogP contribution in [-0.2, 0) is 0 Å². The predicted octanol–water partition coefficient (Wildman–Crippen LogP) is 2.20. The van der Waals surface area contributed by atoms with Crippen molar-refractivity contribution in [2.45, 2.75) is 23.1 Å². The first-order valence-electron chi connectivity index (χ1n) is 3.28. The minimum atomic E-state index is 0.558. The first-order chi connectivity index (χ1) is 4.25. The van der Waals surface area contributed by atoms with Gasteiger partial charge in [-0.1, -0.05) is 38.8 Å². The molecule has 3 heteroatoms. The fraction of sp³-hybridized carbons (Fsp3) is 1.00. The second-order valence-corrected chi connectivity index (χ2v) is 4.42. The summed E-state index contributed by atoms with van der Waals surface area (Å²) in [5.41, 5.74) is 0. The molecule has 9 heavy (non-hydrogen) atoms. The number of alkyl halides is 2.